The van der Waals surface area contributed by atoms with Gasteiger partial charge >= 0.3 is 5.97 Å². The fourth-order valence-electron chi connectivity index (χ4n) is 3.67. The minimum Gasteiger partial charge on any atom is -0.478 e. The quantitative estimate of drug-likeness (QED) is 0.462. The molecule has 0 bridgehead atoms. The van der Waals surface area contributed by atoms with Crippen molar-refractivity contribution in [1.82, 2.24) is 5.32 Å². The first-order valence-electron chi connectivity index (χ1n) is 9.89. The third kappa shape index (κ3) is 5.60. The Morgan fingerprint density at radius 2 is 1.86 bits per heavy atom. The second-order valence-corrected chi connectivity index (χ2v) is 7.50. The molecule has 0 amide bonds. The van der Waals surface area contributed by atoms with Crippen LogP contribution in [-0.2, 0) is 17.6 Å². The number of para-hydroxylation sites is 1. The summed E-state index contributed by atoms with van der Waals surface area (Å²) in [6.45, 7) is 2.45. The molecule has 148 valence electrons. The highest BCUT2D eigenvalue weighted by Crippen LogP contribution is 2.37. The summed E-state index contributed by atoms with van der Waals surface area (Å²) in [7, 11) is 0. The molecule has 28 heavy (non-hydrogen) atoms. The van der Waals surface area contributed by atoms with Crippen molar-refractivity contribution in [3.8, 4) is 0 Å². The molecule has 2 N–H and O–H groups in total. The van der Waals surface area contributed by atoms with Crippen LogP contribution < -0.4 is 10.2 Å². The van der Waals surface area contributed by atoms with Crippen LogP contribution in [0.2, 0.25) is 5.02 Å². The van der Waals surface area contributed by atoms with E-state index in [2.05, 4.69) is 46.6 Å². The predicted molar refractivity (Wildman–Crippen MR) is 116 cm³/mol. The molecule has 0 radical (unpaired) electrons. The first-order valence-corrected chi connectivity index (χ1v) is 10.3. The number of carboxylic acids is 1. The molecule has 5 heteroatoms. The molecule has 4 nitrogen and oxygen atoms in total. The number of aliphatic carboxylic acids is 1. The molecule has 1 aliphatic rings. The average molecular weight is 399 g/mol. The average Bonchev–Trinajstić information content (AvgIpc) is 2.83. The molecular weight excluding hydrogens is 372 g/mol. The van der Waals surface area contributed by atoms with E-state index in [0.717, 1.165) is 50.2 Å². The largest absolute Gasteiger partial charge is 0.478 e. The van der Waals surface area contributed by atoms with Crippen molar-refractivity contribution < 1.29 is 9.90 Å². The van der Waals surface area contributed by atoms with Gasteiger partial charge in [-0.3, -0.25) is 0 Å². The van der Waals surface area contributed by atoms with Gasteiger partial charge in [-0.25, -0.2) is 4.79 Å². The molecule has 0 spiro atoms. The van der Waals surface area contributed by atoms with Gasteiger partial charge in [-0.05, 0) is 61.6 Å². The van der Waals surface area contributed by atoms with Crippen LogP contribution in [0.1, 0.15) is 30.4 Å². The molecule has 2 aromatic rings. The van der Waals surface area contributed by atoms with Gasteiger partial charge in [-0.1, -0.05) is 48.4 Å². The van der Waals surface area contributed by atoms with E-state index in [4.69, 9.17) is 16.7 Å². The predicted octanol–water partition coefficient (Wildman–Crippen LogP) is 4.98. The van der Waals surface area contributed by atoms with E-state index < -0.39 is 5.97 Å². The molecule has 0 saturated heterocycles. The summed E-state index contributed by atoms with van der Waals surface area (Å²) in [5.41, 5.74) is 5.27. The third-order valence-corrected chi connectivity index (χ3v) is 5.28. The molecule has 1 heterocycles. The van der Waals surface area contributed by atoms with Crippen LogP contribution in [0.3, 0.4) is 0 Å². The standard InChI is InChI=1S/C23H27ClN2O2/c24-20-13-12-19-11-10-18-7-2-3-8-21(18)26(22(19)17-20)16-5-1-4-14-25-15-6-9-23(27)28/h2-3,6-9,12-13,17,25H,1,4-5,10-11,14-16H2,(H,27,28)/b9-6+. The van der Waals surface area contributed by atoms with Crippen LogP contribution in [0.5, 0.6) is 0 Å². The molecule has 0 saturated carbocycles. The number of nitrogens with one attached hydrogen (secondary N) is 1. The van der Waals surface area contributed by atoms with E-state index in [-0.39, 0.29) is 0 Å². The SMILES string of the molecule is O=C(O)/C=C/CNCCCCCN1c2ccccc2CCc2ccc(Cl)cc21. The lowest BCUT2D eigenvalue weighted by molar-refractivity contribution is -0.131. The molecule has 0 unspecified atom stereocenters. The van der Waals surface area contributed by atoms with E-state index in [0.29, 0.717) is 6.54 Å². The second-order valence-electron chi connectivity index (χ2n) is 7.06. The molecule has 0 atom stereocenters. The fraction of sp³-hybridized carbons (Fsp3) is 0.348. The maximum atomic E-state index is 10.4. The summed E-state index contributed by atoms with van der Waals surface area (Å²) < 4.78 is 0. The van der Waals surface area contributed by atoms with E-state index in [1.54, 1.807) is 6.08 Å². The molecule has 0 fully saturated rings. The number of anilines is 2. The lowest BCUT2D eigenvalue weighted by Gasteiger charge is -2.27. The number of hydrogen-bond donors (Lipinski definition) is 2. The Bertz CT molecular complexity index is 835. The first-order chi connectivity index (χ1) is 13.6. The Morgan fingerprint density at radius 1 is 1.07 bits per heavy atom. The number of nitrogens with zero attached hydrogens (tertiary/aromatic N) is 1. The molecule has 0 aromatic heterocycles. The summed E-state index contributed by atoms with van der Waals surface area (Å²) in [6.07, 6.45) is 8.17. The highest BCUT2D eigenvalue weighted by molar-refractivity contribution is 6.30. The number of fused-ring (bicyclic) bond motifs is 2. The van der Waals surface area contributed by atoms with Crippen LogP contribution in [0, 0.1) is 0 Å². The Morgan fingerprint density at radius 3 is 2.68 bits per heavy atom. The van der Waals surface area contributed by atoms with E-state index >= 15 is 0 Å². The Balaban J connectivity index is 1.57. The zero-order valence-electron chi connectivity index (χ0n) is 16.0. The van der Waals surface area contributed by atoms with Crippen molar-refractivity contribution in [1.29, 1.82) is 0 Å². The van der Waals surface area contributed by atoms with Crippen molar-refractivity contribution >= 4 is 28.9 Å². The van der Waals surface area contributed by atoms with Crippen molar-refractivity contribution in [3.63, 3.8) is 0 Å². The number of carbonyl (C=O) groups is 1. The Kier molecular flexibility index (Phi) is 7.52. The number of benzene rings is 2. The third-order valence-electron chi connectivity index (χ3n) is 5.04. The minimum absolute atomic E-state index is 0.595. The number of aryl methyl sites for hydroxylation is 2. The summed E-state index contributed by atoms with van der Waals surface area (Å²) in [5.74, 6) is -0.903. The lowest BCUT2D eigenvalue weighted by Crippen LogP contribution is -2.20. The van der Waals surface area contributed by atoms with Crippen LogP contribution in [0.4, 0.5) is 11.4 Å². The maximum absolute atomic E-state index is 10.4. The van der Waals surface area contributed by atoms with Crippen LogP contribution in [0.15, 0.2) is 54.6 Å². The van der Waals surface area contributed by atoms with Gasteiger partial charge in [0.25, 0.3) is 0 Å². The zero-order chi connectivity index (χ0) is 19.8. The minimum atomic E-state index is -0.903. The number of rotatable bonds is 9. The number of halogens is 1. The van der Waals surface area contributed by atoms with Crippen molar-refractivity contribution in [2.45, 2.75) is 32.1 Å². The van der Waals surface area contributed by atoms with Gasteiger partial charge in [0.05, 0.1) is 0 Å². The molecular formula is C23H27ClN2O2. The Labute approximate surface area is 171 Å². The van der Waals surface area contributed by atoms with E-state index in [9.17, 15) is 4.79 Å². The molecule has 1 aliphatic heterocycles. The summed E-state index contributed by atoms with van der Waals surface area (Å²) in [4.78, 5) is 12.8. The lowest BCUT2D eigenvalue weighted by atomic mass is 10.0. The maximum Gasteiger partial charge on any atom is 0.328 e. The monoisotopic (exact) mass is 398 g/mol. The van der Waals surface area contributed by atoms with Crippen LogP contribution in [-0.4, -0.2) is 30.7 Å². The summed E-state index contributed by atoms with van der Waals surface area (Å²) in [5, 5.41) is 12.6. The normalized spacial score (nSPS) is 13.2. The van der Waals surface area contributed by atoms with Crippen LogP contribution >= 0.6 is 11.6 Å². The highest BCUT2D eigenvalue weighted by atomic mass is 35.5. The second kappa shape index (κ2) is 10.3. The topological polar surface area (TPSA) is 52.6 Å². The van der Waals surface area contributed by atoms with Crippen molar-refractivity contribution in [3.05, 3.63) is 70.8 Å². The molecule has 3 rings (SSSR count). The van der Waals surface area contributed by atoms with E-state index in [1.165, 1.54) is 28.6 Å². The van der Waals surface area contributed by atoms with Gasteiger partial charge in [0.15, 0.2) is 0 Å². The number of unbranched alkanes of at least 4 members (excludes halogenated alkanes) is 2. The molecule has 0 aliphatic carbocycles. The smallest absolute Gasteiger partial charge is 0.328 e. The van der Waals surface area contributed by atoms with Gasteiger partial charge in [0.2, 0.25) is 0 Å². The number of carboxylic acid groups (broad SMARTS) is 1. The zero-order valence-corrected chi connectivity index (χ0v) is 16.8. The van der Waals surface area contributed by atoms with Gasteiger partial charge in [-0.15, -0.1) is 0 Å². The highest BCUT2D eigenvalue weighted by Gasteiger charge is 2.20. The summed E-state index contributed by atoms with van der Waals surface area (Å²) >= 11 is 6.31. The van der Waals surface area contributed by atoms with Gasteiger partial charge in [0.1, 0.15) is 0 Å². The number of hydrogen-bond acceptors (Lipinski definition) is 3. The Hall–Kier alpha value is -2.30. The molecule has 2 aromatic carbocycles. The van der Waals surface area contributed by atoms with Gasteiger partial charge in [-0.2, -0.15) is 0 Å². The summed E-state index contributed by atoms with van der Waals surface area (Å²) in [6, 6.07) is 14.9. The van der Waals surface area contributed by atoms with Crippen molar-refractivity contribution in [2.75, 3.05) is 24.5 Å². The fourth-order valence-corrected chi connectivity index (χ4v) is 3.83. The van der Waals surface area contributed by atoms with Crippen molar-refractivity contribution in [2.24, 2.45) is 0 Å². The van der Waals surface area contributed by atoms with Gasteiger partial charge in [0, 0.05) is 35.6 Å². The first kappa shape index (κ1) is 20.4. The van der Waals surface area contributed by atoms with E-state index in [1.807, 2.05) is 6.07 Å². The van der Waals surface area contributed by atoms with Gasteiger partial charge < -0.3 is 15.3 Å². The van der Waals surface area contributed by atoms with Crippen LogP contribution in [0.25, 0.3) is 0 Å².